The Morgan fingerprint density at radius 2 is 0.926 bits per heavy atom. The van der Waals surface area contributed by atoms with Crippen molar-refractivity contribution < 1.29 is 39.6 Å². The Morgan fingerprint density at radius 3 is 1.07 bits per heavy atom. The predicted octanol–water partition coefficient (Wildman–Crippen LogP) is 3.97. The molecule has 0 aliphatic rings. The van der Waals surface area contributed by atoms with Gasteiger partial charge in [0, 0.05) is 7.11 Å². The number of nitrogens with zero attached hydrogens (tertiary/aromatic N) is 2. The minimum atomic E-state index is -0.157. The third-order valence-corrected chi connectivity index (χ3v) is 3.85. The van der Waals surface area contributed by atoms with Crippen LogP contribution in [-0.4, -0.2) is 66.6 Å². The van der Waals surface area contributed by atoms with Gasteiger partial charge in [-0.05, 0) is 25.7 Å². The van der Waals surface area contributed by atoms with Crippen LogP contribution in [0.3, 0.4) is 0 Å². The molecule has 0 aliphatic heterocycles. The Hall–Kier alpha value is 0.0934. The van der Waals surface area contributed by atoms with E-state index in [9.17, 15) is 10.2 Å². The van der Waals surface area contributed by atoms with Crippen LogP contribution in [0.15, 0.2) is 0 Å². The second-order valence-corrected chi connectivity index (χ2v) is 5.72. The minimum absolute atomic E-state index is 0. The molecule has 0 fully saturated rings. The molecular formula is C20H45N2O4Ru. The molecule has 0 spiro atoms. The monoisotopic (exact) mass is 479 g/mol. The number of carbonyl (C=O) groups excluding carboxylic acids is 1. The maximum Gasteiger partial charge on any atom is 3.00 e. The Bertz CT molecular complexity index is 218. The number of aliphatic hydroxyl groups is 3. The molecule has 167 valence electrons. The topological polar surface area (TPSA) is 106 Å². The summed E-state index contributed by atoms with van der Waals surface area (Å²) in [6.45, 7) is 17.3. The molecule has 0 heterocycles. The van der Waals surface area contributed by atoms with Crippen LogP contribution in [0.5, 0.6) is 0 Å². The molecule has 27 heavy (non-hydrogen) atoms. The second kappa shape index (κ2) is 33.7. The Kier molecular flexibility index (Phi) is 47.1. The van der Waals surface area contributed by atoms with Crippen LogP contribution in [0.2, 0.25) is 0 Å². The van der Waals surface area contributed by atoms with Crippen molar-refractivity contribution in [2.45, 2.75) is 104 Å². The minimum Gasteiger partial charge on any atom is -0.660 e. The first-order chi connectivity index (χ1) is 12.5. The summed E-state index contributed by atoms with van der Waals surface area (Å²) in [4.78, 5) is 7.75. The number of hydrogen-bond acceptors (Lipinski definition) is 4. The number of hydrogen-bond donors (Lipinski definition) is 3. The van der Waals surface area contributed by atoms with E-state index in [0.717, 1.165) is 58.7 Å². The van der Waals surface area contributed by atoms with E-state index in [-0.39, 0.29) is 31.7 Å². The smallest absolute Gasteiger partial charge is 0.660 e. The van der Waals surface area contributed by atoms with Crippen LogP contribution in [-0.2, 0) is 24.3 Å². The average Bonchev–Trinajstić information content (AvgIpc) is 2.70. The van der Waals surface area contributed by atoms with Gasteiger partial charge in [-0.3, -0.25) is 6.79 Å². The molecule has 0 aromatic rings. The molecule has 3 N–H and O–H groups in total. The fourth-order valence-electron chi connectivity index (χ4n) is 2.22. The van der Waals surface area contributed by atoms with Gasteiger partial charge < -0.3 is 30.7 Å². The zero-order valence-corrected chi connectivity index (χ0v) is 20.3. The van der Waals surface area contributed by atoms with Crippen LogP contribution < -0.4 is 0 Å². The molecule has 0 aromatic heterocycles. The van der Waals surface area contributed by atoms with Crippen molar-refractivity contribution in [3.63, 3.8) is 0 Å². The van der Waals surface area contributed by atoms with Crippen molar-refractivity contribution >= 4 is 6.79 Å². The molecule has 4 atom stereocenters. The summed E-state index contributed by atoms with van der Waals surface area (Å²) in [5, 5.41) is 34.4. The van der Waals surface area contributed by atoms with Gasteiger partial charge in [-0.15, -0.1) is 12.1 Å². The van der Waals surface area contributed by atoms with Gasteiger partial charge in [0.25, 0.3) is 0 Å². The van der Waals surface area contributed by atoms with Gasteiger partial charge in [0.15, 0.2) is 0 Å². The van der Waals surface area contributed by atoms with E-state index < -0.39 is 0 Å². The summed E-state index contributed by atoms with van der Waals surface area (Å²) in [6, 6.07) is 0.741. The molecule has 0 bridgehead atoms. The van der Waals surface area contributed by atoms with E-state index >= 15 is 0 Å². The van der Waals surface area contributed by atoms with E-state index in [4.69, 9.17) is 9.90 Å². The van der Waals surface area contributed by atoms with Crippen molar-refractivity contribution in [1.29, 1.82) is 0 Å². The summed E-state index contributed by atoms with van der Waals surface area (Å²) in [5.74, 6) is 0. The second-order valence-electron chi connectivity index (χ2n) is 5.72. The normalized spacial score (nSPS) is 13.7. The van der Waals surface area contributed by atoms with Crippen LogP contribution in [0.4, 0.5) is 0 Å². The maximum absolute atomic E-state index is 9.33. The standard InChI is InChI=1S/2C9H20NO.CH4O.CHO.Ru/c2*1-4-8(10-6-3)7-9(11)5-2;2*1-2;/h2*8-9,11H,4-7H2,1-3H3;2H,1H3;1H;/q2*-1;;-1;+3. The fourth-order valence-corrected chi connectivity index (χ4v) is 2.22. The molecule has 4 unspecified atom stereocenters. The van der Waals surface area contributed by atoms with Gasteiger partial charge in [0.1, 0.15) is 0 Å². The first-order valence-electron chi connectivity index (χ1n) is 9.86. The predicted molar refractivity (Wildman–Crippen MR) is 113 cm³/mol. The van der Waals surface area contributed by atoms with Gasteiger partial charge >= 0.3 is 19.5 Å². The molecule has 1 radical (unpaired) electrons. The molecule has 0 rings (SSSR count). The summed E-state index contributed by atoms with van der Waals surface area (Å²) < 4.78 is 0. The fraction of sp³-hybridized carbons (Fsp3) is 0.950. The van der Waals surface area contributed by atoms with Gasteiger partial charge in [-0.25, -0.2) is 0 Å². The summed E-state index contributed by atoms with van der Waals surface area (Å²) in [7, 11) is 1.00. The molecule has 0 aliphatic carbocycles. The van der Waals surface area contributed by atoms with Gasteiger partial charge in [-0.1, -0.05) is 54.4 Å². The zero-order valence-electron chi connectivity index (χ0n) is 18.5. The molecule has 0 saturated heterocycles. The Labute approximate surface area is 181 Å². The quantitative estimate of drug-likeness (QED) is 0.224. The Balaban J connectivity index is -0.0000000975. The van der Waals surface area contributed by atoms with Crippen LogP contribution in [0, 0.1) is 0 Å². The van der Waals surface area contributed by atoms with Gasteiger partial charge in [-0.2, -0.15) is 13.1 Å². The van der Waals surface area contributed by atoms with Crippen molar-refractivity contribution in [2.75, 3.05) is 20.2 Å². The molecule has 7 heteroatoms. The van der Waals surface area contributed by atoms with Crippen molar-refractivity contribution in [3.8, 4) is 0 Å². The summed E-state index contributed by atoms with van der Waals surface area (Å²) in [6.07, 6.45) is 5.13. The molecular weight excluding hydrogens is 433 g/mol. The SMILES string of the molecule is CC[N-]C(CC)CC(O)CC.CC[N-]C(CC)CC(O)CC.CO.[CH-]=O.[Ru+3]. The van der Waals surface area contributed by atoms with E-state index in [1.807, 2.05) is 27.7 Å². The van der Waals surface area contributed by atoms with E-state index in [1.54, 1.807) is 0 Å². The zero-order chi connectivity index (χ0) is 21.4. The van der Waals surface area contributed by atoms with E-state index in [2.05, 4.69) is 31.3 Å². The third kappa shape index (κ3) is 31.0. The Morgan fingerprint density at radius 1 is 0.667 bits per heavy atom. The molecule has 0 saturated carbocycles. The van der Waals surface area contributed by atoms with Crippen molar-refractivity contribution in [1.82, 2.24) is 0 Å². The third-order valence-electron chi connectivity index (χ3n) is 3.85. The molecule has 6 nitrogen and oxygen atoms in total. The molecule has 0 amide bonds. The summed E-state index contributed by atoms with van der Waals surface area (Å²) >= 11 is 0. The first kappa shape index (κ1) is 37.8. The summed E-state index contributed by atoms with van der Waals surface area (Å²) in [5.41, 5.74) is 0. The van der Waals surface area contributed by atoms with Crippen LogP contribution in [0.25, 0.3) is 10.6 Å². The van der Waals surface area contributed by atoms with Crippen molar-refractivity contribution in [2.24, 2.45) is 0 Å². The largest absolute Gasteiger partial charge is 3.00 e. The average molecular weight is 479 g/mol. The van der Waals surface area contributed by atoms with Gasteiger partial charge in [0.05, 0.1) is 12.2 Å². The maximum atomic E-state index is 9.33. The number of rotatable bonds is 12. The van der Waals surface area contributed by atoms with Crippen LogP contribution in [0.1, 0.15) is 80.1 Å². The van der Waals surface area contributed by atoms with Gasteiger partial charge in [0.2, 0.25) is 0 Å². The molecule has 0 aromatic carbocycles. The first-order valence-corrected chi connectivity index (χ1v) is 9.86. The van der Waals surface area contributed by atoms with E-state index in [0.29, 0.717) is 12.1 Å². The van der Waals surface area contributed by atoms with Crippen molar-refractivity contribution in [3.05, 3.63) is 10.6 Å². The number of aliphatic hydroxyl groups excluding tert-OH is 3. The van der Waals surface area contributed by atoms with E-state index in [1.165, 1.54) is 0 Å². The van der Waals surface area contributed by atoms with Crippen LogP contribution >= 0.6 is 0 Å².